The molecule has 86 valence electrons. The average Bonchev–Trinajstić information content (AvgIpc) is 2.46. The van der Waals surface area contributed by atoms with Crippen molar-refractivity contribution in [1.82, 2.24) is 0 Å². The molecule has 1 saturated heterocycles. The largest absolute Gasteiger partial charge is 0.456 e. The van der Waals surface area contributed by atoms with Gasteiger partial charge >= 0.3 is 5.97 Å². The molecule has 1 saturated carbocycles. The number of hydrogen-bond acceptors (Lipinski definition) is 3. The van der Waals surface area contributed by atoms with Crippen molar-refractivity contribution in [1.29, 1.82) is 0 Å². The van der Waals surface area contributed by atoms with E-state index in [1.807, 2.05) is 6.92 Å². The van der Waals surface area contributed by atoms with Crippen LogP contribution in [0.15, 0.2) is 0 Å². The molecule has 0 aromatic rings. The number of carbonyl (C=O) groups excluding carboxylic acids is 1. The van der Waals surface area contributed by atoms with Gasteiger partial charge < -0.3 is 9.84 Å². The zero-order valence-electron chi connectivity index (χ0n) is 8.96. The minimum absolute atomic E-state index is 0.355. The predicted octanol–water partition coefficient (Wildman–Crippen LogP) is 2.19. The minimum atomic E-state index is -1.22. The topological polar surface area (TPSA) is 46.5 Å². The van der Waals surface area contributed by atoms with Gasteiger partial charge in [0.05, 0.1) is 3.92 Å². The fourth-order valence-corrected chi connectivity index (χ4v) is 3.73. The van der Waals surface area contributed by atoms with E-state index in [1.54, 1.807) is 0 Å². The van der Waals surface area contributed by atoms with Crippen molar-refractivity contribution in [3.05, 3.63) is 0 Å². The Morgan fingerprint density at radius 3 is 2.87 bits per heavy atom. The lowest BCUT2D eigenvalue weighted by molar-refractivity contribution is -0.160. The van der Waals surface area contributed by atoms with Crippen molar-refractivity contribution in [2.24, 2.45) is 0 Å². The van der Waals surface area contributed by atoms with Gasteiger partial charge in [-0.25, -0.2) is 4.79 Å². The van der Waals surface area contributed by atoms with Crippen LogP contribution in [0, 0.1) is 0 Å². The molecule has 0 bridgehead atoms. The van der Waals surface area contributed by atoms with Crippen LogP contribution in [0.5, 0.6) is 0 Å². The van der Waals surface area contributed by atoms with E-state index in [9.17, 15) is 9.90 Å². The van der Waals surface area contributed by atoms with Gasteiger partial charge in [-0.05, 0) is 25.7 Å². The van der Waals surface area contributed by atoms with E-state index in [0.717, 1.165) is 19.3 Å². The molecule has 15 heavy (non-hydrogen) atoms. The van der Waals surface area contributed by atoms with Crippen LogP contribution in [0.4, 0.5) is 0 Å². The van der Waals surface area contributed by atoms with Gasteiger partial charge in [-0.15, -0.1) is 0 Å². The smallest absolute Gasteiger partial charge is 0.338 e. The van der Waals surface area contributed by atoms with Gasteiger partial charge in [0.2, 0.25) is 0 Å². The van der Waals surface area contributed by atoms with Crippen LogP contribution in [0.25, 0.3) is 0 Å². The van der Waals surface area contributed by atoms with E-state index >= 15 is 0 Å². The first kappa shape index (κ1) is 11.6. The van der Waals surface area contributed by atoms with Crippen LogP contribution in [-0.4, -0.2) is 26.2 Å². The Morgan fingerprint density at radius 2 is 2.33 bits per heavy atom. The van der Waals surface area contributed by atoms with E-state index in [1.165, 1.54) is 6.42 Å². The standard InChI is InChI=1S/C11H17IO3/c1-2-10(14)7-11(15-9(10)13)6-4-3-5-8(11)12/h8,14H,2-7H2,1H3/t8-,10-,11+/m0/s1. The van der Waals surface area contributed by atoms with Gasteiger partial charge in [-0.3, -0.25) is 0 Å². The maximum Gasteiger partial charge on any atom is 0.338 e. The fourth-order valence-electron chi connectivity index (χ4n) is 2.63. The maximum absolute atomic E-state index is 11.7. The Labute approximate surface area is 104 Å². The summed E-state index contributed by atoms with van der Waals surface area (Å²) >= 11 is 2.37. The molecule has 1 spiro atoms. The summed E-state index contributed by atoms with van der Waals surface area (Å²) in [6.45, 7) is 1.84. The second-order valence-electron chi connectivity index (χ2n) is 4.73. The highest BCUT2D eigenvalue weighted by Crippen LogP contribution is 2.47. The molecule has 0 aromatic heterocycles. The molecule has 0 amide bonds. The summed E-state index contributed by atoms with van der Waals surface area (Å²) in [6, 6.07) is 0. The van der Waals surface area contributed by atoms with Crippen molar-refractivity contribution in [2.45, 2.75) is 60.6 Å². The van der Waals surface area contributed by atoms with Crippen molar-refractivity contribution >= 4 is 28.6 Å². The molecule has 3 atom stereocenters. The van der Waals surface area contributed by atoms with E-state index in [0.29, 0.717) is 16.8 Å². The molecule has 0 unspecified atom stereocenters. The minimum Gasteiger partial charge on any atom is -0.456 e. The number of hydrogen-bond donors (Lipinski definition) is 1. The first-order valence-corrected chi connectivity index (χ1v) is 6.87. The van der Waals surface area contributed by atoms with Crippen LogP contribution >= 0.6 is 22.6 Å². The number of rotatable bonds is 1. The van der Waals surface area contributed by atoms with Crippen molar-refractivity contribution in [3.63, 3.8) is 0 Å². The van der Waals surface area contributed by atoms with Gasteiger partial charge in [0.1, 0.15) is 5.60 Å². The van der Waals surface area contributed by atoms with Crippen LogP contribution in [0.3, 0.4) is 0 Å². The molecule has 2 rings (SSSR count). The molecule has 2 aliphatic rings. The third-order valence-electron chi connectivity index (χ3n) is 3.73. The van der Waals surface area contributed by atoms with E-state index in [-0.39, 0.29) is 5.60 Å². The average molecular weight is 324 g/mol. The second kappa shape index (κ2) is 3.87. The summed E-state index contributed by atoms with van der Waals surface area (Å²) in [5.74, 6) is -0.409. The lowest BCUT2D eigenvalue weighted by Crippen LogP contribution is -2.42. The van der Waals surface area contributed by atoms with Crippen LogP contribution in [0.2, 0.25) is 0 Å². The first-order valence-electron chi connectivity index (χ1n) is 5.62. The number of halogens is 1. The Hall–Kier alpha value is 0.160. The molecule has 0 aromatic carbocycles. The SMILES string of the molecule is CC[C@]1(O)C[C@@]2(CCCC[C@@H]2I)OC1=O. The van der Waals surface area contributed by atoms with Crippen LogP contribution in [-0.2, 0) is 9.53 Å². The fraction of sp³-hybridized carbons (Fsp3) is 0.909. The van der Waals surface area contributed by atoms with Gasteiger partial charge in [0, 0.05) is 6.42 Å². The van der Waals surface area contributed by atoms with E-state index in [4.69, 9.17) is 4.74 Å². The molecular formula is C11H17IO3. The normalized spacial score (nSPS) is 45.8. The van der Waals surface area contributed by atoms with Crippen LogP contribution in [0.1, 0.15) is 45.4 Å². The predicted molar refractivity (Wildman–Crippen MR) is 65.0 cm³/mol. The van der Waals surface area contributed by atoms with Crippen molar-refractivity contribution < 1.29 is 14.6 Å². The number of alkyl halides is 1. The quantitative estimate of drug-likeness (QED) is 0.457. The third kappa shape index (κ3) is 1.79. The summed E-state index contributed by atoms with van der Waals surface area (Å²) in [7, 11) is 0. The lowest BCUT2D eigenvalue weighted by atomic mass is 9.78. The summed E-state index contributed by atoms with van der Waals surface area (Å²) in [6.07, 6.45) is 5.26. The first-order chi connectivity index (χ1) is 7.02. The Balaban J connectivity index is 2.22. The second-order valence-corrected chi connectivity index (χ2v) is 6.23. The van der Waals surface area contributed by atoms with Crippen LogP contribution < -0.4 is 0 Å². The van der Waals surface area contributed by atoms with E-state index in [2.05, 4.69) is 22.6 Å². The monoisotopic (exact) mass is 324 g/mol. The molecule has 1 aliphatic heterocycles. The summed E-state index contributed by atoms with van der Waals surface area (Å²) in [5, 5.41) is 10.1. The third-order valence-corrected chi connectivity index (χ3v) is 5.49. The Bertz CT molecular complexity index is 281. The Kier molecular flexibility index (Phi) is 3.01. The van der Waals surface area contributed by atoms with Gasteiger partial charge in [-0.2, -0.15) is 0 Å². The molecular weight excluding hydrogens is 307 g/mol. The highest BCUT2D eigenvalue weighted by Gasteiger charge is 2.58. The summed E-state index contributed by atoms with van der Waals surface area (Å²) in [4.78, 5) is 11.7. The zero-order chi connectivity index (χ0) is 11.1. The Morgan fingerprint density at radius 1 is 1.60 bits per heavy atom. The molecule has 0 radical (unpaired) electrons. The molecule has 2 fully saturated rings. The van der Waals surface area contributed by atoms with Crippen molar-refractivity contribution in [2.75, 3.05) is 0 Å². The van der Waals surface area contributed by atoms with Gasteiger partial charge in [-0.1, -0.05) is 35.9 Å². The maximum atomic E-state index is 11.7. The highest BCUT2D eigenvalue weighted by atomic mass is 127. The molecule has 3 nitrogen and oxygen atoms in total. The number of esters is 1. The summed E-state index contributed by atoms with van der Waals surface area (Å²) in [5.41, 5.74) is -1.60. The lowest BCUT2D eigenvalue weighted by Gasteiger charge is -2.36. The molecule has 1 N–H and O–H groups in total. The molecule has 1 aliphatic carbocycles. The van der Waals surface area contributed by atoms with Gasteiger partial charge in [0.15, 0.2) is 5.60 Å². The van der Waals surface area contributed by atoms with Crippen molar-refractivity contribution in [3.8, 4) is 0 Å². The summed E-state index contributed by atoms with van der Waals surface area (Å²) < 4.78 is 5.87. The number of aliphatic hydroxyl groups is 1. The molecule has 1 heterocycles. The zero-order valence-corrected chi connectivity index (χ0v) is 11.1. The number of ether oxygens (including phenoxy) is 1. The number of carbonyl (C=O) groups is 1. The molecule has 4 heteroatoms. The van der Waals surface area contributed by atoms with Gasteiger partial charge in [0.25, 0.3) is 0 Å². The highest BCUT2D eigenvalue weighted by molar-refractivity contribution is 14.1. The van der Waals surface area contributed by atoms with E-state index < -0.39 is 11.6 Å².